The van der Waals surface area contributed by atoms with Crippen molar-refractivity contribution in [2.75, 3.05) is 18.5 Å². The van der Waals surface area contributed by atoms with Crippen molar-refractivity contribution in [3.8, 4) is 11.5 Å². The summed E-state index contributed by atoms with van der Waals surface area (Å²) in [5.74, 6) is 1.02. The summed E-state index contributed by atoms with van der Waals surface area (Å²) in [5, 5.41) is 4.06. The number of nitrogens with one attached hydrogen (secondary N) is 1. The molecule has 1 aromatic heterocycles. The normalized spacial score (nSPS) is 13.5. The Bertz CT molecular complexity index is 1010. The fourth-order valence-electron chi connectivity index (χ4n) is 2.87. The van der Waals surface area contributed by atoms with Crippen LogP contribution in [0, 0.1) is 6.92 Å². The van der Waals surface area contributed by atoms with Gasteiger partial charge in [-0.05, 0) is 25.1 Å². The first-order chi connectivity index (χ1) is 12.5. The number of fused-ring (bicyclic) bond motifs is 2. The minimum atomic E-state index is -0.369. The van der Waals surface area contributed by atoms with Crippen molar-refractivity contribution in [3.05, 3.63) is 51.2 Å². The number of hydrogen-bond acceptors (Lipinski definition) is 4. The number of carbonyl (C=O) groups is 1. The molecule has 0 saturated carbocycles. The topological polar surface area (TPSA) is 60.7 Å². The molecule has 0 spiro atoms. The second-order valence-electron chi connectivity index (χ2n) is 5.98. The van der Waals surface area contributed by atoms with Crippen molar-refractivity contribution in [2.24, 2.45) is 0 Å². The number of rotatable bonds is 2. The van der Waals surface area contributed by atoms with E-state index in [4.69, 9.17) is 25.5 Å². The molecule has 3 aromatic rings. The summed E-state index contributed by atoms with van der Waals surface area (Å²) in [4.78, 5) is 12.7. The first-order valence-electron chi connectivity index (χ1n) is 8.12. The van der Waals surface area contributed by atoms with Gasteiger partial charge in [0.15, 0.2) is 17.3 Å². The van der Waals surface area contributed by atoms with Crippen molar-refractivity contribution in [2.45, 2.75) is 13.3 Å². The van der Waals surface area contributed by atoms with Crippen molar-refractivity contribution in [1.29, 1.82) is 0 Å². The average Bonchev–Trinajstić information content (AvgIpc) is 2.78. The van der Waals surface area contributed by atoms with Crippen LogP contribution in [0.3, 0.4) is 0 Å². The third-order valence-corrected chi connectivity index (χ3v) is 5.00. The summed E-state index contributed by atoms with van der Waals surface area (Å²) in [6.07, 6.45) is 0.793. The lowest BCUT2D eigenvalue weighted by Gasteiger charge is -2.12. The van der Waals surface area contributed by atoms with E-state index in [1.54, 1.807) is 12.1 Å². The van der Waals surface area contributed by atoms with Crippen LogP contribution in [0.5, 0.6) is 11.5 Å². The number of anilines is 1. The SMILES string of the molecule is Cc1c(C(=O)Nc2cc3c(cc2Cl)OCCCO3)oc2ccc(Br)cc12. The van der Waals surface area contributed by atoms with Gasteiger partial charge in [-0.25, -0.2) is 0 Å². The van der Waals surface area contributed by atoms with E-state index < -0.39 is 0 Å². The van der Waals surface area contributed by atoms with Crippen LogP contribution in [0.15, 0.2) is 39.2 Å². The van der Waals surface area contributed by atoms with Crippen molar-refractivity contribution >= 4 is 50.1 Å². The molecule has 0 saturated heterocycles. The van der Waals surface area contributed by atoms with Crippen LogP contribution < -0.4 is 14.8 Å². The highest BCUT2D eigenvalue weighted by molar-refractivity contribution is 9.10. The molecule has 7 heteroatoms. The lowest BCUT2D eigenvalue weighted by molar-refractivity contribution is 0.0998. The molecule has 1 amide bonds. The van der Waals surface area contributed by atoms with Crippen molar-refractivity contribution in [1.82, 2.24) is 0 Å². The maximum absolute atomic E-state index is 12.7. The molecule has 26 heavy (non-hydrogen) atoms. The van der Waals surface area contributed by atoms with Crippen molar-refractivity contribution < 1.29 is 18.7 Å². The molecule has 0 radical (unpaired) electrons. The predicted octanol–water partition coefficient (Wildman–Crippen LogP) is 5.57. The zero-order chi connectivity index (χ0) is 18.3. The van der Waals surface area contributed by atoms with E-state index in [0.717, 1.165) is 21.8 Å². The minimum Gasteiger partial charge on any atom is -0.490 e. The molecule has 134 valence electrons. The highest BCUT2D eigenvalue weighted by atomic mass is 79.9. The number of halogens is 2. The van der Waals surface area contributed by atoms with Gasteiger partial charge in [0.25, 0.3) is 5.91 Å². The number of aryl methyl sites for hydroxylation is 1. The zero-order valence-corrected chi connectivity index (χ0v) is 16.2. The quantitative estimate of drug-likeness (QED) is 0.570. The third-order valence-electron chi connectivity index (χ3n) is 4.19. The minimum absolute atomic E-state index is 0.251. The number of furan rings is 1. The van der Waals surface area contributed by atoms with E-state index >= 15 is 0 Å². The summed E-state index contributed by atoms with van der Waals surface area (Å²) >= 11 is 9.73. The van der Waals surface area contributed by atoms with Crippen LogP contribution in [0.2, 0.25) is 5.02 Å². The van der Waals surface area contributed by atoms with Gasteiger partial charge in [-0.15, -0.1) is 0 Å². The number of ether oxygens (including phenoxy) is 2. The molecule has 0 fully saturated rings. The Kier molecular flexibility index (Phi) is 4.54. The summed E-state index contributed by atoms with van der Waals surface area (Å²) in [6.45, 7) is 2.98. The second kappa shape index (κ2) is 6.85. The number of hydrogen-bond donors (Lipinski definition) is 1. The Morgan fingerprint density at radius 1 is 1.15 bits per heavy atom. The highest BCUT2D eigenvalue weighted by Crippen LogP contribution is 2.38. The number of amides is 1. The Balaban J connectivity index is 1.66. The van der Waals surface area contributed by atoms with Crippen molar-refractivity contribution in [3.63, 3.8) is 0 Å². The molecule has 1 N–H and O–H groups in total. The Hall–Kier alpha value is -2.18. The molecule has 5 nitrogen and oxygen atoms in total. The Morgan fingerprint density at radius 3 is 2.65 bits per heavy atom. The van der Waals surface area contributed by atoms with Gasteiger partial charge in [0.1, 0.15) is 5.58 Å². The summed E-state index contributed by atoms with van der Waals surface area (Å²) in [6, 6.07) is 8.94. The van der Waals surface area contributed by atoms with Gasteiger partial charge in [0.05, 0.1) is 23.9 Å². The van der Waals surface area contributed by atoms with E-state index in [1.807, 2.05) is 25.1 Å². The fourth-order valence-corrected chi connectivity index (χ4v) is 3.43. The van der Waals surface area contributed by atoms with E-state index in [1.165, 1.54) is 0 Å². The second-order valence-corrected chi connectivity index (χ2v) is 7.30. The lowest BCUT2D eigenvalue weighted by atomic mass is 10.1. The third kappa shape index (κ3) is 3.15. The molecule has 2 heterocycles. The smallest absolute Gasteiger partial charge is 0.291 e. The average molecular weight is 437 g/mol. The van der Waals surface area contributed by atoms with Gasteiger partial charge in [0.2, 0.25) is 0 Å². The van der Waals surface area contributed by atoms with Crippen LogP contribution in [0.4, 0.5) is 5.69 Å². The first kappa shape index (κ1) is 17.2. The van der Waals surface area contributed by atoms with Gasteiger partial charge >= 0.3 is 0 Å². The maximum Gasteiger partial charge on any atom is 0.291 e. The van der Waals surface area contributed by atoms with E-state index in [0.29, 0.717) is 41.0 Å². The highest BCUT2D eigenvalue weighted by Gasteiger charge is 2.21. The number of carbonyl (C=O) groups excluding carboxylic acids is 1. The predicted molar refractivity (Wildman–Crippen MR) is 104 cm³/mol. The van der Waals surface area contributed by atoms with Crippen LogP contribution in [-0.2, 0) is 0 Å². The molecular formula is C19H15BrClNO4. The fraction of sp³-hybridized carbons (Fsp3) is 0.211. The first-order valence-corrected chi connectivity index (χ1v) is 9.29. The van der Waals surface area contributed by atoms with Gasteiger partial charge < -0.3 is 19.2 Å². The standard InChI is InChI=1S/C19H15BrClNO4/c1-10-12-7-11(20)3-4-15(12)26-18(10)19(23)22-14-9-17-16(8-13(14)21)24-5-2-6-25-17/h3-4,7-9H,2,5-6H2,1H3,(H,22,23). The monoisotopic (exact) mass is 435 g/mol. The summed E-state index contributed by atoms with van der Waals surface area (Å²) in [7, 11) is 0. The molecule has 1 aliphatic rings. The molecule has 0 aliphatic carbocycles. The Labute approximate surface area is 163 Å². The van der Waals surface area contributed by atoms with Gasteiger partial charge in [0, 0.05) is 34.0 Å². The largest absolute Gasteiger partial charge is 0.490 e. The summed E-state index contributed by atoms with van der Waals surface area (Å²) in [5.41, 5.74) is 1.87. The molecule has 4 rings (SSSR count). The van der Waals surface area contributed by atoms with Gasteiger partial charge in [-0.2, -0.15) is 0 Å². The zero-order valence-electron chi connectivity index (χ0n) is 13.9. The lowest BCUT2D eigenvalue weighted by Crippen LogP contribution is -2.12. The molecule has 1 aliphatic heterocycles. The van der Waals surface area contributed by atoms with Crippen LogP contribution in [0.25, 0.3) is 11.0 Å². The Morgan fingerprint density at radius 2 is 1.88 bits per heavy atom. The van der Waals surface area contributed by atoms with Crippen LogP contribution in [-0.4, -0.2) is 19.1 Å². The van der Waals surface area contributed by atoms with E-state index in [2.05, 4.69) is 21.2 Å². The molecule has 2 aromatic carbocycles. The molecule has 0 unspecified atom stereocenters. The molecule has 0 bridgehead atoms. The van der Waals surface area contributed by atoms with E-state index in [9.17, 15) is 4.79 Å². The van der Waals surface area contributed by atoms with Crippen LogP contribution >= 0.6 is 27.5 Å². The maximum atomic E-state index is 12.7. The molecular weight excluding hydrogens is 422 g/mol. The van der Waals surface area contributed by atoms with Gasteiger partial charge in [-0.1, -0.05) is 27.5 Å². The van der Waals surface area contributed by atoms with Crippen LogP contribution in [0.1, 0.15) is 22.5 Å². The molecule has 0 atom stereocenters. The summed E-state index contributed by atoms with van der Waals surface area (Å²) < 4.78 is 17.9. The number of benzene rings is 2. The van der Waals surface area contributed by atoms with E-state index in [-0.39, 0.29) is 11.7 Å². The van der Waals surface area contributed by atoms with Gasteiger partial charge in [-0.3, -0.25) is 4.79 Å².